The van der Waals surface area contributed by atoms with Gasteiger partial charge in [-0.2, -0.15) is 4.31 Å². The minimum Gasteiger partial charge on any atom is -0.497 e. The second-order valence-electron chi connectivity index (χ2n) is 9.78. The molecule has 230 valence electrons. The van der Waals surface area contributed by atoms with E-state index in [9.17, 15) is 23.2 Å². The number of methoxy groups -OCH3 is 1. The molecule has 1 aromatic heterocycles. The Bertz CT molecular complexity index is 1740. The highest BCUT2D eigenvalue weighted by Gasteiger charge is 2.36. The highest BCUT2D eigenvalue weighted by Crippen LogP contribution is 2.34. The van der Waals surface area contributed by atoms with Crippen molar-refractivity contribution >= 4 is 21.8 Å². The van der Waals surface area contributed by atoms with E-state index in [2.05, 4.69) is 10.5 Å². The standard InChI is InChI=1S/C30H30N4O9S/c1-19-27(28(33-43-19)21-6-4-3-5-7-21)30(36)31-15-14-24(29(35)32-37)34(17-20-8-13-25-26(16-20)42-18-41-25)44(38,39)23-11-9-22(40-2)10-12-23/h3-13,16,24,37H,14-15,17-18H2,1-2H3,(H,31,36)(H,32,35)/t24-/m1/s1. The molecule has 0 fully saturated rings. The molecule has 14 heteroatoms. The van der Waals surface area contributed by atoms with Gasteiger partial charge in [0.2, 0.25) is 16.8 Å². The third-order valence-corrected chi connectivity index (χ3v) is 8.91. The first-order valence-electron chi connectivity index (χ1n) is 13.5. The third-order valence-electron chi connectivity index (χ3n) is 7.04. The number of carbonyl (C=O) groups is 2. The number of fused-ring (bicyclic) bond motifs is 1. The van der Waals surface area contributed by atoms with Crippen LogP contribution in [0.5, 0.6) is 17.2 Å². The van der Waals surface area contributed by atoms with Crippen LogP contribution in [0.2, 0.25) is 0 Å². The van der Waals surface area contributed by atoms with Gasteiger partial charge in [0.25, 0.3) is 11.8 Å². The molecule has 44 heavy (non-hydrogen) atoms. The number of aryl methyl sites for hydroxylation is 1. The first-order valence-corrected chi connectivity index (χ1v) is 14.9. The van der Waals surface area contributed by atoms with Crippen LogP contribution in [0.15, 0.2) is 82.2 Å². The third kappa shape index (κ3) is 6.37. The fourth-order valence-electron chi connectivity index (χ4n) is 4.79. The molecule has 3 N–H and O–H groups in total. The molecular weight excluding hydrogens is 592 g/mol. The molecule has 1 aliphatic rings. The van der Waals surface area contributed by atoms with Crippen LogP contribution in [-0.4, -0.2) is 61.4 Å². The number of hydroxylamine groups is 1. The SMILES string of the molecule is COc1ccc(S(=O)(=O)N(Cc2ccc3c(c2)OCO3)[C@H](CCNC(=O)c2c(-c3ccccc3)noc2C)C(=O)NO)cc1. The monoisotopic (exact) mass is 622 g/mol. The molecule has 0 spiro atoms. The number of rotatable bonds is 12. The lowest BCUT2D eigenvalue weighted by Crippen LogP contribution is -2.49. The number of nitrogens with zero attached hydrogens (tertiary/aromatic N) is 2. The zero-order valence-electron chi connectivity index (χ0n) is 23.8. The molecule has 2 heterocycles. The Morgan fingerprint density at radius 3 is 2.48 bits per heavy atom. The number of benzene rings is 3. The normalized spacial score (nSPS) is 13.0. The van der Waals surface area contributed by atoms with E-state index < -0.39 is 27.9 Å². The summed E-state index contributed by atoms with van der Waals surface area (Å²) in [6.07, 6.45) is -0.191. The Labute approximate surface area is 253 Å². The lowest BCUT2D eigenvalue weighted by atomic mass is 10.1. The second-order valence-corrected chi connectivity index (χ2v) is 11.7. The Kier molecular flexibility index (Phi) is 9.13. The number of aromatic nitrogens is 1. The highest BCUT2D eigenvalue weighted by atomic mass is 32.2. The summed E-state index contributed by atoms with van der Waals surface area (Å²) in [5.41, 5.74) is 3.30. The number of sulfonamides is 1. The number of hydrogen-bond donors (Lipinski definition) is 3. The molecule has 3 aromatic carbocycles. The zero-order chi connectivity index (χ0) is 31.3. The van der Waals surface area contributed by atoms with Gasteiger partial charge in [-0.1, -0.05) is 41.6 Å². The van der Waals surface area contributed by atoms with Crippen LogP contribution in [0.4, 0.5) is 0 Å². The lowest BCUT2D eigenvalue weighted by Gasteiger charge is -2.30. The van der Waals surface area contributed by atoms with Gasteiger partial charge in [0.1, 0.15) is 28.8 Å². The minimum atomic E-state index is -4.34. The predicted octanol–water partition coefficient (Wildman–Crippen LogP) is 3.27. The molecule has 0 aliphatic carbocycles. The average Bonchev–Trinajstić information content (AvgIpc) is 3.68. The number of ether oxygens (including phenoxy) is 3. The van der Waals surface area contributed by atoms with E-state index in [1.807, 2.05) is 6.07 Å². The summed E-state index contributed by atoms with van der Waals surface area (Å²) >= 11 is 0. The van der Waals surface area contributed by atoms with E-state index in [0.29, 0.717) is 34.1 Å². The molecule has 0 saturated carbocycles. The van der Waals surface area contributed by atoms with Crippen LogP contribution in [0.25, 0.3) is 11.3 Å². The first kappa shape index (κ1) is 30.5. The van der Waals surface area contributed by atoms with E-state index in [1.165, 1.54) is 31.4 Å². The lowest BCUT2D eigenvalue weighted by molar-refractivity contribution is -0.133. The molecule has 0 radical (unpaired) electrons. The number of amides is 2. The van der Waals surface area contributed by atoms with Crippen molar-refractivity contribution in [3.05, 3.63) is 89.7 Å². The van der Waals surface area contributed by atoms with Crippen LogP contribution in [-0.2, 0) is 21.4 Å². The van der Waals surface area contributed by atoms with Crippen LogP contribution < -0.4 is 25.0 Å². The summed E-state index contributed by atoms with van der Waals surface area (Å²) < 4.78 is 50.2. The molecule has 2 amide bonds. The van der Waals surface area contributed by atoms with Gasteiger partial charge in [-0.25, -0.2) is 13.9 Å². The van der Waals surface area contributed by atoms with E-state index in [0.717, 1.165) is 4.31 Å². The minimum absolute atomic E-state index is 0.0273. The van der Waals surface area contributed by atoms with Gasteiger partial charge in [-0.3, -0.25) is 14.8 Å². The van der Waals surface area contributed by atoms with E-state index in [-0.39, 0.29) is 42.5 Å². The molecule has 5 rings (SSSR count). The Morgan fingerprint density at radius 1 is 1.05 bits per heavy atom. The van der Waals surface area contributed by atoms with Gasteiger partial charge in [0, 0.05) is 18.7 Å². The smallest absolute Gasteiger partial charge is 0.261 e. The summed E-state index contributed by atoms with van der Waals surface area (Å²) in [5, 5.41) is 16.4. The Balaban J connectivity index is 1.42. The van der Waals surface area contributed by atoms with Crippen LogP contribution in [0.1, 0.15) is 28.1 Å². The van der Waals surface area contributed by atoms with Crippen molar-refractivity contribution in [3.8, 4) is 28.5 Å². The maximum absolute atomic E-state index is 14.0. The molecule has 0 saturated heterocycles. The largest absolute Gasteiger partial charge is 0.497 e. The van der Waals surface area contributed by atoms with Gasteiger partial charge < -0.3 is 24.1 Å². The molecule has 1 aliphatic heterocycles. The topological polar surface area (TPSA) is 170 Å². The fourth-order valence-corrected chi connectivity index (χ4v) is 6.39. The Hall–Kier alpha value is -4.92. The fraction of sp³-hybridized carbons (Fsp3) is 0.233. The van der Waals surface area contributed by atoms with Crippen LogP contribution in [0.3, 0.4) is 0 Å². The number of carbonyl (C=O) groups excluding carboxylic acids is 2. The highest BCUT2D eigenvalue weighted by molar-refractivity contribution is 7.89. The summed E-state index contributed by atoms with van der Waals surface area (Å²) in [5.74, 6) is 0.159. The average molecular weight is 623 g/mol. The van der Waals surface area contributed by atoms with Crippen molar-refractivity contribution in [2.45, 2.75) is 30.8 Å². The summed E-state index contributed by atoms with van der Waals surface area (Å²) in [6, 6.07) is 18.2. The van der Waals surface area contributed by atoms with Gasteiger partial charge in [-0.15, -0.1) is 0 Å². The molecular formula is C30H30N4O9S. The van der Waals surface area contributed by atoms with Gasteiger partial charge in [0.05, 0.1) is 12.0 Å². The summed E-state index contributed by atoms with van der Waals surface area (Å²) in [7, 11) is -2.89. The predicted molar refractivity (Wildman–Crippen MR) is 156 cm³/mol. The van der Waals surface area contributed by atoms with Crippen molar-refractivity contribution in [1.29, 1.82) is 0 Å². The first-order chi connectivity index (χ1) is 21.2. The molecule has 4 aromatic rings. The van der Waals surface area contributed by atoms with Crippen molar-refractivity contribution in [1.82, 2.24) is 20.3 Å². The maximum Gasteiger partial charge on any atom is 0.261 e. The van der Waals surface area contributed by atoms with Crippen molar-refractivity contribution < 1.29 is 41.9 Å². The van der Waals surface area contributed by atoms with E-state index in [1.54, 1.807) is 54.9 Å². The van der Waals surface area contributed by atoms with Gasteiger partial charge in [-0.05, 0) is 55.3 Å². The second kappa shape index (κ2) is 13.2. The van der Waals surface area contributed by atoms with Crippen molar-refractivity contribution in [2.24, 2.45) is 0 Å². The summed E-state index contributed by atoms with van der Waals surface area (Å²) in [6.45, 7) is 1.23. The van der Waals surface area contributed by atoms with Crippen molar-refractivity contribution in [2.75, 3.05) is 20.4 Å². The Morgan fingerprint density at radius 2 is 1.77 bits per heavy atom. The van der Waals surface area contributed by atoms with E-state index >= 15 is 0 Å². The van der Waals surface area contributed by atoms with E-state index in [4.69, 9.17) is 18.7 Å². The molecule has 1 atom stereocenters. The zero-order valence-corrected chi connectivity index (χ0v) is 24.7. The number of hydrogen-bond acceptors (Lipinski definition) is 10. The molecule has 13 nitrogen and oxygen atoms in total. The van der Waals surface area contributed by atoms with Crippen LogP contribution >= 0.6 is 0 Å². The molecule has 0 bridgehead atoms. The van der Waals surface area contributed by atoms with Gasteiger partial charge in [0.15, 0.2) is 11.5 Å². The quantitative estimate of drug-likeness (QED) is 0.157. The van der Waals surface area contributed by atoms with Crippen LogP contribution in [0, 0.1) is 6.92 Å². The number of nitrogens with one attached hydrogen (secondary N) is 2. The van der Waals surface area contributed by atoms with Crippen molar-refractivity contribution in [3.63, 3.8) is 0 Å². The summed E-state index contributed by atoms with van der Waals surface area (Å²) in [4.78, 5) is 26.2. The molecule has 0 unspecified atom stereocenters. The maximum atomic E-state index is 14.0. The van der Waals surface area contributed by atoms with Gasteiger partial charge >= 0.3 is 0 Å².